The number of nitrogens with one attached hydrogen (secondary N) is 1. The van der Waals surface area contributed by atoms with Crippen molar-refractivity contribution in [3.63, 3.8) is 0 Å². The summed E-state index contributed by atoms with van der Waals surface area (Å²) in [4.78, 5) is 16.4. The zero-order chi connectivity index (χ0) is 20.1. The van der Waals surface area contributed by atoms with Crippen LogP contribution in [-0.4, -0.2) is 17.5 Å². The van der Waals surface area contributed by atoms with Gasteiger partial charge in [0, 0.05) is 31.6 Å². The molecule has 0 atom stereocenters. The number of pyridine rings is 1. The summed E-state index contributed by atoms with van der Waals surface area (Å²) >= 11 is 0. The van der Waals surface area contributed by atoms with Crippen molar-refractivity contribution in [2.45, 2.75) is 32.2 Å². The molecule has 1 saturated carbocycles. The second-order valence-corrected chi connectivity index (χ2v) is 7.28. The maximum absolute atomic E-state index is 13.8. The van der Waals surface area contributed by atoms with Gasteiger partial charge in [-0.25, -0.2) is 9.37 Å². The standard InChI is InChI=1S/C23H23FN2O3/c24-20-4-2-1-3-19(20)21-10-8-18(29-21)9-11-22(27)25-13-17-7-12-23(26-14-17)28-15-16-5-6-16/h1-4,7-8,10,12,14,16H,5-6,9,11,13,15H2,(H,25,27). The molecule has 2 heterocycles. The maximum atomic E-state index is 13.8. The lowest BCUT2D eigenvalue weighted by molar-refractivity contribution is -0.121. The SMILES string of the molecule is O=C(CCc1ccc(-c2ccccc2F)o1)NCc1ccc(OCC2CC2)nc1. The predicted molar refractivity (Wildman–Crippen MR) is 107 cm³/mol. The third-order valence-corrected chi connectivity index (χ3v) is 4.85. The van der Waals surface area contributed by atoms with Crippen LogP contribution in [0.25, 0.3) is 11.3 Å². The number of nitrogens with zero attached hydrogens (tertiary/aromatic N) is 1. The van der Waals surface area contributed by atoms with Crippen LogP contribution in [0.4, 0.5) is 4.39 Å². The molecule has 1 amide bonds. The molecular weight excluding hydrogens is 371 g/mol. The van der Waals surface area contributed by atoms with Gasteiger partial charge in [0.2, 0.25) is 11.8 Å². The quantitative estimate of drug-likeness (QED) is 0.580. The number of aryl methyl sites for hydroxylation is 1. The van der Waals surface area contributed by atoms with E-state index in [1.54, 1.807) is 36.5 Å². The Bertz CT molecular complexity index is 964. The lowest BCUT2D eigenvalue weighted by Gasteiger charge is -2.07. The minimum Gasteiger partial charge on any atom is -0.477 e. The van der Waals surface area contributed by atoms with E-state index in [0.29, 0.717) is 48.3 Å². The molecule has 0 unspecified atom stereocenters. The highest BCUT2D eigenvalue weighted by Gasteiger charge is 2.22. The number of hydrogen-bond donors (Lipinski definition) is 1. The van der Waals surface area contributed by atoms with Gasteiger partial charge < -0.3 is 14.5 Å². The molecule has 2 aromatic heterocycles. The number of hydrogen-bond acceptors (Lipinski definition) is 4. The van der Waals surface area contributed by atoms with Gasteiger partial charge in [0.25, 0.3) is 0 Å². The molecule has 0 saturated heterocycles. The van der Waals surface area contributed by atoms with Gasteiger partial charge in [0.1, 0.15) is 17.3 Å². The number of carbonyl (C=O) groups excluding carboxylic acids is 1. The first-order valence-corrected chi connectivity index (χ1v) is 9.85. The number of carbonyl (C=O) groups is 1. The topological polar surface area (TPSA) is 64.4 Å². The van der Waals surface area contributed by atoms with E-state index in [0.717, 1.165) is 12.2 Å². The van der Waals surface area contributed by atoms with E-state index in [1.807, 2.05) is 12.1 Å². The van der Waals surface area contributed by atoms with Gasteiger partial charge >= 0.3 is 0 Å². The summed E-state index contributed by atoms with van der Waals surface area (Å²) in [5, 5.41) is 2.88. The van der Waals surface area contributed by atoms with E-state index in [1.165, 1.54) is 18.9 Å². The number of benzene rings is 1. The van der Waals surface area contributed by atoms with Crippen molar-refractivity contribution < 1.29 is 18.3 Å². The monoisotopic (exact) mass is 394 g/mol. The Balaban J connectivity index is 1.21. The van der Waals surface area contributed by atoms with E-state index in [-0.39, 0.29) is 11.7 Å². The van der Waals surface area contributed by atoms with Crippen LogP contribution in [0.2, 0.25) is 0 Å². The molecule has 150 valence electrons. The number of furan rings is 1. The number of amides is 1. The van der Waals surface area contributed by atoms with Crippen molar-refractivity contribution in [1.29, 1.82) is 0 Å². The van der Waals surface area contributed by atoms with Gasteiger partial charge in [0.15, 0.2) is 0 Å². The summed E-state index contributed by atoms with van der Waals surface area (Å²) in [5.41, 5.74) is 1.33. The van der Waals surface area contributed by atoms with Crippen molar-refractivity contribution in [1.82, 2.24) is 10.3 Å². The number of aromatic nitrogens is 1. The lowest BCUT2D eigenvalue weighted by atomic mass is 10.1. The molecule has 0 aliphatic heterocycles. The molecular formula is C23H23FN2O3. The Hall–Kier alpha value is -3.15. The van der Waals surface area contributed by atoms with Gasteiger partial charge in [-0.15, -0.1) is 0 Å². The van der Waals surface area contributed by atoms with E-state index in [4.69, 9.17) is 9.15 Å². The van der Waals surface area contributed by atoms with Crippen molar-refractivity contribution in [3.05, 3.63) is 71.9 Å². The van der Waals surface area contributed by atoms with Gasteiger partial charge in [-0.05, 0) is 48.6 Å². The summed E-state index contributed by atoms with van der Waals surface area (Å²) in [7, 11) is 0. The molecule has 5 nitrogen and oxygen atoms in total. The van der Waals surface area contributed by atoms with Gasteiger partial charge in [0.05, 0.1) is 12.2 Å². The fraction of sp³-hybridized carbons (Fsp3) is 0.304. The first-order valence-electron chi connectivity index (χ1n) is 9.85. The Kier molecular flexibility index (Phi) is 5.89. The maximum Gasteiger partial charge on any atom is 0.220 e. The Morgan fingerprint density at radius 3 is 2.79 bits per heavy atom. The first kappa shape index (κ1) is 19.2. The fourth-order valence-corrected chi connectivity index (χ4v) is 2.93. The molecule has 1 aliphatic carbocycles. The van der Waals surface area contributed by atoms with Gasteiger partial charge in [-0.2, -0.15) is 0 Å². The molecule has 0 spiro atoms. The zero-order valence-corrected chi connectivity index (χ0v) is 16.1. The van der Waals surface area contributed by atoms with E-state index in [2.05, 4.69) is 10.3 Å². The molecule has 4 rings (SSSR count). The van der Waals surface area contributed by atoms with E-state index in [9.17, 15) is 9.18 Å². The van der Waals surface area contributed by atoms with Gasteiger partial charge in [-0.3, -0.25) is 4.79 Å². The average Bonchev–Trinajstić information content (AvgIpc) is 3.46. The molecule has 1 N–H and O–H groups in total. The Morgan fingerprint density at radius 1 is 1.17 bits per heavy atom. The minimum absolute atomic E-state index is 0.0806. The largest absolute Gasteiger partial charge is 0.477 e. The normalized spacial score (nSPS) is 13.3. The predicted octanol–water partition coefficient (Wildman–Crippen LogP) is 4.52. The highest BCUT2D eigenvalue weighted by Crippen LogP contribution is 2.29. The smallest absolute Gasteiger partial charge is 0.220 e. The number of halogens is 1. The van der Waals surface area contributed by atoms with Crippen molar-refractivity contribution in [2.75, 3.05) is 6.61 Å². The van der Waals surface area contributed by atoms with Crippen molar-refractivity contribution in [3.8, 4) is 17.2 Å². The van der Waals surface area contributed by atoms with Crippen LogP contribution in [0.5, 0.6) is 5.88 Å². The average molecular weight is 394 g/mol. The molecule has 1 aromatic carbocycles. The molecule has 0 radical (unpaired) electrons. The molecule has 6 heteroatoms. The van der Waals surface area contributed by atoms with Crippen LogP contribution in [0.1, 0.15) is 30.6 Å². The zero-order valence-electron chi connectivity index (χ0n) is 16.1. The second-order valence-electron chi connectivity index (χ2n) is 7.28. The number of rotatable bonds is 9. The van der Waals surface area contributed by atoms with Crippen LogP contribution in [0.3, 0.4) is 0 Å². The lowest BCUT2D eigenvalue weighted by Crippen LogP contribution is -2.23. The summed E-state index contributed by atoms with van der Waals surface area (Å²) in [6.45, 7) is 1.14. The Labute approximate surface area is 168 Å². The highest BCUT2D eigenvalue weighted by molar-refractivity contribution is 5.76. The second kappa shape index (κ2) is 8.90. The summed E-state index contributed by atoms with van der Waals surface area (Å²) < 4.78 is 25.1. The van der Waals surface area contributed by atoms with Crippen LogP contribution >= 0.6 is 0 Å². The summed E-state index contributed by atoms with van der Waals surface area (Å²) in [6.07, 6.45) is 4.95. The van der Waals surface area contributed by atoms with E-state index >= 15 is 0 Å². The van der Waals surface area contributed by atoms with Crippen LogP contribution < -0.4 is 10.1 Å². The van der Waals surface area contributed by atoms with Crippen molar-refractivity contribution in [2.24, 2.45) is 5.92 Å². The molecule has 1 fully saturated rings. The third kappa shape index (κ3) is 5.44. The Morgan fingerprint density at radius 2 is 2.03 bits per heavy atom. The van der Waals surface area contributed by atoms with E-state index < -0.39 is 0 Å². The molecule has 1 aliphatic rings. The summed E-state index contributed by atoms with van der Waals surface area (Å²) in [6, 6.07) is 13.7. The van der Waals surface area contributed by atoms with Crippen LogP contribution in [0.15, 0.2) is 59.1 Å². The summed E-state index contributed by atoms with van der Waals surface area (Å²) in [5.74, 6) is 2.01. The van der Waals surface area contributed by atoms with Crippen LogP contribution in [0, 0.1) is 11.7 Å². The molecule has 0 bridgehead atoms. The van der Waals surface area contributed by atoms with Crippen molar-refractivity contribution >= 4 is 5.91 Å². The third-order valence-electron chi connectivity index (χ3n) is 4.85. The molecule has 29 heavy (non-hydrogen) atoms. The molecule has 3 aromatic rings. The highest BCUT2D eigenvalue weighted by atomic mass is 19.1. The van der Waals surface area contributed by atoms with Gasteiger partial charge in [-0.1, -0.05) is 18.2 Å². The minimum atomic E-state index is -0.330. The first-order chi connectivity index (χ1) is 14.2. The van der Waals surface area contributed by atoms with Crippen LogP contribution in [-0.2, 0) is 17.8 Å². The fourth-order valence-electron chi connectivity index (χ4n) is 2.93. The number of ether oxygens (including phenoxy) is 1.